The Hall–Kier alpha value is -0.500. The van der Waals surface area contributed by atoms with Crippen LogP contribution in [0.5, 0.6) is 0 Å². The molecule has 1 unspecified atom stereocenters. The number of aliphatic hydroxyl groups excluding tert-OH is 1. The summed E-state index contributed by atoms with van der Waals surface area (Å²) in [5.74, 6) is 3.97. The Kier molecular flexibility index (Phi) is 6.05. The van der Waals surface area contributed by atoms with Crippen molar-refractivity contribution in [3.63, 3.8) is 0 Å². The molecule has 0 bridgehead atoms. The molecule has 4 fully saturated rings. The number of ketones is 1. The van der Waals surface area contributed by atoms with E-state index in [9.17, 15) is 9.90 Å². The highest BCUT2D eigenvalue weighted by Crippen LogP contribution is 2.67. The largest absolute Gasteiger partial charge is 0.394 e. The van der Waals surface area contributed by atoms with Crippen molar-refractivity contribution in [2.24, 2.45) is 40.4 Å². The fourth-order valence-electron chi connectivity index (χ4n) is 7.90. The molecule has 0 aromatic carbocycles. The van der Waals surface area contributed by atoms with Crippen LogP contribution in [0.15, 0.2) is 0 Å². The van der Waals surface area contributed by atoms with Crippen molar-refractivity contribution in [2.45, 2.75) is 84.7 Å². The van der Waals surface area contributed by atoms with E-state index < -0.39 is 10.4 Å². The summed E-state index contributed by atoms with van der Waals surface area (Å²) in [7, 11) is -4.67. The third kappa shape index (κ3) is 4.05. The summed E-state index contributed by atoms with van der Waals surface area (Å²) in [6.07, 6.45) is 10.9. The second-order valence-electron chi connectivity index (χ2n) is 10.3. The molecule has 0 aromatic heterocycles. The smallest absolute Gasteiger partial charge is 0.393 e. The molecule has 4 saturated carbocycles. The maximum atomic E-state index is 12.2. The molecule has 8 atom stereocenters. The van der Waals surface area contributed by atoms with Crippen LogP contribution in [0.2, 0.25) is 0 Å². The summed E-state index contributed by atoms with van der Waals surface area (Å²) in [5.41, 5.74) is 0.738. The van der Waals surface area contributed by atoms with E-state index in [1.54, 1.807) is 0 Å². The molecule has 6 nitrogen and oxygen atoms in total. The second-order valence-corrected chi connectivity index (χ2v) is 11.2. The van der Waals surface area contributed by atoms with Gasteiger partial charge in [0.15, 0.2) is 0 Å². The van der Waals surface area contributed by atoms with Crippen molar-refractivity contribution >= 4 is 16.2 Å². The van der Waals surface area contributed by atoms with E-state index in [-0.39, 0.29) is 11.5 Å². The highest BCUT2D eigenvalue weighted by Gasteiger charge is 2.60. The maximum Gasteiger partial charge on any atom is 0.394 e. The van der Waals surface area contributed by atoms with Crippen LogP contribution in [0.1, 0.15) is 78.6 Å². The first-order valence-corrected chi connectivity index (χ1v) is 12.1. The minimum Gasteiger partial charge on any atom is -0.393 e. The Morgan fingerprint density at radius 3 is 2.07 bits per heavy atom. The predicted octanol–water partition coefficient (Wildman–Crippen LogP) is 3.94. The third-order valence-electron chi connectivity index (χ3n) is 9.13. The summed E-state index contributed by atoms with van der Waals surface area (Å²) in [5, 5.41) is 10.1. The molecule has 0 spiro atoms. The molecule has 0 aliphatic heterocycles. The van der Waals surface area contributed by atoms with Crippen LogP contribution in [0.25, 0.3) is 0 Å². The van der Waals surface area contributed by atoms with Gasteiger partial charge in [-0.1, -0.05) is 13.8 Å². The van der Waals surface area contributed by atoms with Crippen LogP contribution in [0, 0.1) is 40.4 Å². The van der Waals surface area contributed by atoms with Crippen LogP contribution in [-0.2, 0) is 15.2 Å². The molecular formula is C21H36O6S. The molecular weight excluding hydrogens is 380 g/mol. The van der Waals surface area contributed by atoms with Crippen molar-refractivity contribution in [1.29, 1.82) is 0 Å². The molecule has 0 saturated heterocycles. The van der Waals surface area contributed by atoms with Crippen molar-refractivity contribution in [3.05, 3.63) is 0 Å². The lowest BCUT2D eigenvalue weighted by molar-refractivity contribution is -0.138. The van der Waals surface area contributed by atoms with Crippen LogP contribution in [0.4, 0.5) is 0 Å². The Morgan fingerprint density at radius 1 is 0.893 bits per heavy atom. The first kappa shape index (κ1) is 22.2. The molecule has 3 N–H and O–H groups in total. The van der Waals surface area contributed by atoms with E-state index in [0.717, 1.165) is 42.9 Å². The zero-order chi connectivity index (χ0) is 20.9. The summed E-state index contributed by atoms with van der Waals surface area (Å²) in [4.78, 5) is 12.2. The number of aliphatic hydroxyl groups is 1. The van der Waals surface area contributed by atoms with Crippen LogP contribution in [0.3, 0.4) is 0 Å². The molecule has 0 amide bonds. The van der Waals surface area contributed by atoms with Gasteiger partial charge in [0.05, 0.1) is 6.10 Å². The first-order valence-electron chi connectivity index (χ1n) is 10.7. The van der Waals surface area contributed by atoms with E-state index in [1.165, 1.54) is 38.5 Å². The van der Waals surface area contributed by atoms with E-state index in [4.69, 9.17) is 17.5 Å². The Bertz CT molecular complexity index is 698. The second kappa shape index (κ2) is 7.64. The molecule has 4 aliphatic rings. The summed E-state index contributed by atoms with van der Waals surface area (Å²) in [6, 6.07) is 0. The Morgan fingerprint density at radius 2 is 1.46 bits per heavy atom. The van der Waals surface area contributed by atoms with Gasteiger partial charge in [0.1, 0.15) is 5.78 Å². The minimum absolute atomic E-state index is 0.0490. The number of fused-ring (bicyclic) bond motifs is 5. The normalized spacial score (nSPS) is 47.8. The number of hydrogen-bond donors (Lipinski definition) is 3. The molecule has 162 valence electrons. The van der Waals surface area contributed by atoms with Crippen molar-refractivity contribution in [1.82, 2.24) is 0 Å². The number of rotatable bonds is 1. The van der Waals surface area contributed by atoms with Gasteiger partial charge in [-0.2, -0.15) is 8.42 Å². The van der Waals surface area contributed by atoms with E-state index in [0.29, 0.717) is 17.1 Å². The molecule has 7 heteroatoms. The van der Waals surface area contributed by atoms with E-state index in [1.807, 2.05) is 6.92 Å². The summed E-state index contributed by atoms with van der Waals surface area (Å²) >= 11 is 0. The van der Waals surface area contributed by atoms with E-state index in [2.05, 4.69) is 13.8 Å². The molecule has 4 rings (SSSR count). The Balaban J connectivity index is 0.000000403. The lowest BCUT2D eigenvalue weighted by atomic mass is 9.44. The topological polar surface area (TPSA) is 112 Å². The number of carbonyl (C=O) groups excluding carboxylic acids is 1. The summed E-state index contributed by atoms with van der Waals surface area (Å²) < 4.78 is 31.6. The van der Waals surface area contributed by atoms with E-state index >= 15 is 0 Å². The van der Waals surface area contributed by atoms with Crippen LogP contribution < -0.4 is 0 Å². The lowest BCUT2D eigenvalue weighted by Crippen LogP contribution is -2.54. The standard InChI is InChI=1S/C21H34O2.H2O4S/c1-13(22)17-6-7-18-16-5-4-14-12-15(23)8-10-20(14,2)19(16)9-11-21(17,18)3;1-5(2,3)4/h14-19,23H,4-12H2,1-3H3;(H2,1,2,3,4)/t14-,15-,16-,17?,18-,19-,20-,21-;/m0./s1. The highest BCUT2D eigenvalue weighted by atomic mass is 32.3. The number of hydrogen-bond acceptors (Lipinski definition) is 4. The minimum atomic E-state index is -4.67. The monoisotopic (exact) mass is 416 g/mol. The van der Waals surface area contributed by atoms with Gasteiger partial charge in [0, 0.05) is 5.92 Å². The zero-order valence-electron chi connectivity index (χ0n) is 17.3. The maximum absolute atomic E-state index is 12.2. The van der Waals surface area contributed by atoms with Gasteiger partial charge in [-0.3, -0.25) is 13.9 Å². The van der Waals surface area contributed by atoms with Gasteiger partial charge in [-0.15, -0.1) is 0 Å². The van der Waals surface area contributed by atoms with Crippen molar-refractivity contribution in [3.8, 4) is 0 Å². The number of carbonyl (C=O) groups is 1. The average Bonchev–Trinajstić information content (AvgIpc) is 2.91. The molecule has 28 heavy (non-hydrogen) atoms. The highest BCUT2D eigenvalue weighted by molar-refractivity contribution is 7.79. The quantitative estimate of drug-likeness (QED) is 0.558. The molecule has 0 aromatic rings. The van der Waals surface area contributed by atoms with Gasteiger partial charge in [-0.25, -0.2) is 0 Å². The zero-order valence-corrected chi connectivity index (χ0v) is 18.1. The van der Waals surface area contributed by atoms with Gasteiger partial charge in [0.25, 0.3) is 0 Å². The van der Waals surface area contributed by atoms with Crippen molar-refractivity contribution < 1.29 is 27.4 Å². The third-order valence-corrected chi connectivity index (χ3v) is 9.13. The van der Waals surface area contributed by atoms with Crippen LogP contribution >= 0.6 is 0 Å². The van der Waals surface area contributed by atoms with Crippen molar-refractivity contribution in [2.75, 3.05) is 0 Å². The Labute approximate surface area is 169 Å². The first-order chi connectivity index (χ1) is 12.9. The summed E-state index contributed by atoms with van der Waals surface area (Å²) in [6.45, 7) is 6.80. The van der Waals surface area contributed by atoms with Crippen LogP contribution in [-0.4, -0.2) is 34.5 Å². The predicted molar refractivity (Wildman–Crippen MR) is 106 cm³/mol. The SMILES string of the molecule is CC(=O)C1CC[C@H]2[C@@H]3CC[C@H]4C[C@@H](O)CC[C@]4(C)[C@H]3CC[C@@]12C.O=S(=O)(O)O. The molecule has 0 radical (unpaired) electrons. The average molecular weight is 417 g/mol. The fourth-order valence-corrected chi connectivity index (χ4v) is 7.90. The van der Waals surface area contributed by atoms with Gasteiger partial charge < -0.3 is 5.11 Å². The number of Topliss-reactive ketones (excluding diaryl/α,β-unsaturated/α-hetero) is 1. The van der Waals surface area contributed by atoms with Gasteiger partial charge in [-0.05, 0) is 99.2 Å². The fraction of sp³-hybridized carbons (Fsp3) is 0.952. The van der Waals surface area contributed by atoms with Gasteiger partial charge in [0.2, 0.25) is 0 Å². The molecule has 4 aliphatic carbocycles. The van der Waals surface area contributed by atoms with Gasteiger partial charge >= 0.3 is 10.4 Å². The molecule has 0 heterocycles. The lowest BCUT2D eigenvalue weighted by Gasteiger charge is -2.60.